The smallest absolute Gasteiger partial charge is 0.326 e. The molecule has 0 aliphatic heterocycles. The van der Waals surface area contributed by atoms with E-state index in [2.05, 4.69) is 16.6 Å². The van der Waals surface area contributed by atoms with Crippen LogP contribution in [0, 0.1) is 17.8 Å². The highest BCUT2D eigenvalue weighted by atomic mass is 16.4. The lowest BCUT2D eigenvalue weighted by Crippen LogP contribution is -2.50. The maximum absolute atomic E-state index is 11.8. The SMILES string of the molecule is C#Cc1cccc(NC(=O)NC(C(=O)O)C(C)(C)C)c1. The van der Waals surface area contributed by atoms with Crippen LogP contribution < -0.4 is 10.6 Å². The molecule has 20 heavy (non-hydrogen) atoms. The molecule has 0 fully saturated rings. The Kier molecular flexibility index (Phi) is 4.76. The van der Waals surface area contributed by atoms with Crippen molar-refractivity contribution in [3.8, 4) is 12.3 Å². The van der Waals surface area contributed by atoms with Crippen LogP contribution in [0.5, 0.6) is 0 Å². The normalized spacial score (nSPS) is 12.1. The van der Waals surface area contributed by atoms with Gasteiger partial charge >= 0.3 is 12.0 Å². The molecule has 0 aliphatic carbocycles. The lowest BCUT2D eigenvalue weighted by atomic mass is 9.87. The van der Waals surface area contributed by atoms with E-state index in [-0.39, 0.29) is 0 Å². The number of carboxylic acid groups (broad SMARTS) is 1. The predicted molar refractivity (Wildman–Crippen MR) is 77.4 cm³/mol. The molecule has 1 atom stereocenters. The van der Waals surface area contributed by atoms with Crippen LogP contribution in [0.3, 0.4) is 0 Å². The zero-order chi connectivity index (χ0) is 15.3. The Morgan fingerprint density at radius 1 is 1.35 bits per heavy atom. The Labute approximate surface area is 118 Å². The molecule has 0 saturated carbocycles. The number of urea groups is 1. The van der Waals surface area contributed by atoms with E-state index in [1.165, 1.54) is 0 Å². The molecule has 0 radical (unpaired) electrons. The molecule has 1 rings (SSSR count). The van der Waals surface area contributed by atoms with Crippen LogP contribution in [0.25, 0.3) is 0 Å². The van der Waals surface area contributed by atoms with E-state index < -0.39 is 23.5 Å². The molecule has 1 unspecified atom stereocenters. The molecule has 0 heterocycles. The molecule has 106 valence electrons. The second kappa shape index (κ2) is 6.11. The van der Waals surface area contributed by atoms with Gasteiger partial charge in [0.15, 0.2) is 0 Å². The summed E-state index contributed by atoms with van der Waals surface area (Å²) in [6.45, 7) is 5.22. The van der Waals surface area contributed by atoms with Crippen LogP contribution in [0.15, 0.2) is 24.3 Å². The molecule has 0 saturated heterocycles. The van der Waals surface area contributed by atoms with Crippen molar-refractivity contribution in [1.82, 2.24) is 5.32 Å². The second-order valence-corrected chi connectivity index (χ2v) is 5.46. The average Bonchev–Trinajstić information content (AvgIpc) is 2.34. The summed E-state index contributed by atoms with van der Waals surface area (Å²) in [6.07, 6.45) is 5.27. The highest BCUT2D eigenvalue weighted by Gasteiger charge is 2.32. The minimum absolute atomic E-state index is 0.510. The first-order valence-electron chi connectivity index (χ1n) is 6.11. The fourth-order valence-electron chi connectivity index (χ4n) is 1.63. The Balaban J connectivity index is 2.76. The van der Waals surface area contributed by atoms with Gasteiger partial charge in [-0.3, -0.25) is 0 Å². The molecule has 1 aromatic carbocycles. The number of terminal acetylenes is 1. The van der Waals surface area contributed by atoms with Crippen LogP contribution in [0.4, 0.5) is 10.5 Å². The van der Waals surface area contributed by atoms with Crippen LogP contribution in [0.2, 0.25) is 0 Å². The standard InChI is InChI=1S/C15H18N2O3/c1-5-10-7-6-8-11(9-10)16-14(20)17-12(13(18)19)15(2,3)4/h1,6-9,12H,2-4H3,(H,18,19)(H2,16,17,20). The molecule has 5 heteroatoms. The maximum Gasteiger partial charge on any atom is 0.326 e. The summed E-state index contributed by atoms with van der Waals surface area (Å²) in [5.74, 6) is 1.38. The van der Waals surface area contributed by atoms with Crippen molar-refractivity contribution in [2.75, 3.05) is 5.32 Å². The van der Waals surface area contributed by atoms with Gasteiger partial charge in [0, 0.05) is 11.3 Å². The summed E-state index contributed by atoms with van der Waals surface area (Å²) in [5, 5.41) is 14.1. The number of amides is 2. The Morgan fingerprint density at radius 2 is 2.00 bits per heavy atom. The topological polar surface area (TPSA) is 78.4 Å². The number of benzene rings is 1. The van der Waals surface area contributed by atoms with Gasteiger partial charge < -0.3 is 15.7 Å². The molecular formula is C15H18N2O3. The van der Waals surface area contributed by atoms with Crippen LogP contribution in [-0.2, 0) is 4.79 Å². The maximum atomic E-state index is 11.8. The van der Waals surface area contributed by atoms with Gasteiger partial charge in [0.2, 0.25) is 0 Å². The number of nitrogens with one attached hydrogen (secondary N) is 2. The van der Waals surface area contributed by atoms with Crippen LogP contribution in [0.1, 0.15) is 26.3 Å². The average molecular weight is 274 g/mol. The minimum atomic E-state index is -1.08. The van der Waals surface area contributed by atoms with Crippen LogP contribution in [-0.4, -0.2) is 23.1 Å². The van der Waals surface area contributed by atoms with Gasteiger partial charge in [-0.05, 0) is 23.6 Å². The second-order valence-electron chi connectivity index (χ2n) is 5.46. The first kappa shape index (κ1) is 15.6. The fraction of sp³-hybridized carbons (Fsp3) is 0.333. The van der Waals surface area contributed by atoms with Gasteiger partial charge in [-0.2, -0.15) is 0 Å². The third-order valence-electron chi connectivity index (χ3n) is 2.68. The van der Waals surface area contributed by atoms with Crippen molar-refractivity contribution in [3.05, 3.63) is 29.8 Å². The number of carbonyl (C=O) groups excluding carboxylic acids is 1. The van der Waals surface area contributed by atoms with Gasteiger partial charge in [0.25, 0.3) is 0 Å². The van der Waals surface area contributed by atoms with E-state index in [0.29, 0.717) is 11.3 Å². The number of hydrogen-bond donors (Lipinski definition) is 3. The molecule has 0 spiro atoms. The van der Waals surface area contributed by atoms with Crippen LogP contribution >= 0.6 is 0 Å². The summed E-state index contributed by atoms with van der Waals surface area (Å²) < 4.78 is 0. The lowest BCUT2D eigenvalue weighted by Gasteiger charge is -2.27. The summed E-state index contributed by atoms with van der Waals surface area (Å²) in [6, 6.07) is 5.18. The number of anilines is 1. The quantitative estimate of drug-likeness (QED) is 0.740. The third kappa shape index (κ3) is 4.32. The largest absolute Gasteiger partial charge is 0.480 e. The van der Waals surface area contributed by atoms with E-state index in [1.54, 1.807) is 45.0 Å². The summed E-state index contributed by atoms with van der Waals surface area (Å²) in [7, 11) is 0. The van der Waals surface area contributed by atoms with E-state index in [1.807, 2.05) is 0 Å². The van der Waals surface area contributed by atoms with E-state index >= 15 is 0 Å². The Hall–Kier alpha value is -2.48. The van der Waals surface area contributed by atoms with Crippen molar-refractivity contribution >= 4 is 17.7 Å². The van der Waals surface area contributed by atoms with Gasteiger partial charge in [0.05, 0.1) is 0 Å². The predicted octanol–water partition coefficient (Wildman–Crippen LogP) is 2.29. The molecule has 1 aromatic rings. The summed E-state index contributed by atoms with van der Waals surface area (Å²) >= 11 is 0. The van der Waals surface area contributed by atoms with Crippen molar-refractivity contribution in [1.29, 1.82) is 0 Å². The van der Waals surface area contributed by atoms with Gasteiger partial charge in [-0.1, -0.05) is 32.8 Å². The van der Waals surface area contributed by atoms with Crippen molar-refractivity contribution in [2.24, 2.45) is 5.41 Å². The number of carbonyl (C=O) groups is 2. The molecule has 5 nitrogen and oxygen atoms in total. The molecular weight excluding hydrogens is 256 g/mol. The van der Waals surface area contributed by atoms with Gasteiger partial charge in [-0.25, -0.2) is 9.59 Å². The Morgan fingerprint density at radius 3 is 2.50 bits per heavy atom. The van der Waals surface area contributed by atoms with Gasteiger partial charge in [-0.15, -0.1) is 6.42 Å². The minimum Gasteiger partial charge on any atom is -0.480 e. The highest BCUT2D eigenvalue weighted by Crippen LogP contribution is 2.19. The van der Waals surface area contributed by atoms with Gasteiger partial charge in [0.1, 0.15) is 6.04 Å². The summed E-state index contributed by atoms with van der Waals surface area (Å²) in [5.41, 5.74) is 0.550. The molecule has 0 aromatic heterocycles. The number of hydrogen-bond acceptors (Lipinski definition) is 2. The first-order valence-corrected chi connectivity index (χ1v) is 6.11. The number of rotatable bonds is 3. The zero-order valence-corrected chi connectivity index (χ0v) is 11.7. The zero-order valence-electron chi connectivity index (χ0n) is 11.7. The summed E-state index contributed by atoms with van der Waals surface area (Å²) in [4.78, 5) is 23.0. The van der Waals surface area contributed by atoms with Crippen molar-refractivity contribution < 1.29 is 14.7 Å². The number of carboxylic acids is 1. The molecule has 2 amide bonds. The number of aliphatic carboxylic acids is 1. The molecule has 0 bridgehead atoms. The van der Waals surface area contributed by atoms with Crippen molar-refractivity contribution in [2.45, 2.75) is 26.8 Å². The monoisotopic (exact) mass is 274 g/mol. The highest BCUT2D eigenvalue weighted by molar-refractivity contribution is 5.92. The fourth-order valence-corrected chi connectivity index (χ4v) is 1.63. The van der Waals surface area contributed by atoms with E-state index in [0.717, 1.165) is 0 Å². The van der Waals surface area contributed by atoms with E-state index in [4.69, 9.17) is 11.5 Å². The van der Waals surface area contributed by atoms with Crippen molar-refractivity contribution in [3.63, 3.8) is 0 Å². The molecule has 0 aliphatic rings. The lowest BCUT2D eigenvalue weighted by molar-refractivity contribution is -0.141. The third-order valence-corrected chi connectivity index (χ3v) is 2.68. The Bertz CT molecular complexity index is 553. The first-order chi connectivity index (χ1) is 9.24. The van der Waals surface area contributed by atoms with E-state index in [9.17, 15) is 9.59 Å². The molecule has 3 N–H and O–H groups in total.